The molecule has 0 amide bonds. The van der Waals surface area contributed by atoms with Crippen LogP contribution in [0.15, 0.2) is 106 Å². The van der Waals surface area contributed by atoms with Crippen molar-refractivity contribution in [3.8, 4) is 28.4 Å². The van der Waals surface area contributed by atoms with Crippen LogP contribution in [0.2, 0.25) is 0 Å². The Labute approximate surface area is 268 Å². The Bertz CT molecular complexity index is 2160. The number of aromatic nitrogens is 3. The molecule has 6 rings (SSSR count). The van der Waals surface area contributed by atoms with E-state index in [4.69, 9.17) is 19.3 Å². The number of hydrogen-bond donors (Lipinski definition) is 0. The van der Waals surface area contributed by atoms with Crippen molar-refractivity contribution in [1.29, 1.82) is 0 Å². The predicted octanol–water partition coefficient (Wildman–Crippen LogP) is 4.58. The number of allylic oxidation sites excluding steroid dienone is 1. The summed E-state index contributed by atoms with van der Waals surface area (Å²) in [5.74, 6) is -0.601. The summed E-state index contributed by atoms with van der Waals surface area (Å²) in [4.78, 5) is 44.4. The molecule has 0 spiro atoms. The summed E-state index contributed by atoms with van der Waals surface area (Å²) in [6.45, 7) is 4.88. The van der Waals surface area contributed by atoms with E-state index < -0.39 is 18.0 Å². The van der Waals surface area contributed by atoms with Gasteiger partial charge in [-0.3, -0.25) is 14.2 Å². The average molecular weight is 635 g/mol. The third-order valence-corrected chi connectivity index (χ3v) is 8.35. The molecule has 0 saturated carbocycles. The third-order valence-electron chi connectivity index (χ3n) is 7.37. The van der Waals surface area contributed by atoms with Gasteiger partial charge >= 0.3 is 11.9 Å². The zero-order valence-corrected chi connectivity index (χ0v) is 26.4. The number of methoxy groups -OCH3 is 1. The summed E-state index contributed by atoms with van der Waals surface area (Å²) in [6.07, 6.45) is 3.70. The van der Waals surface area contributed by atoms with E-state index >= 15 is 0 Å². The molecule has 0 aliphatic carbocycles. The minimum Gasteiger partial charge on any atom is -0.493 e. The van der Waals surface area contributed by atoms with E-state index in [1.165, 1.54) is 29.9 Å². The maximum atomic E-state index is 14.3. The first-order valence-electron chi connectivity index (χ1n) is 14.6. The van der Waals surface area contributed by atoms with E-state index in [-0.39, 0.29) is 29.2 Å². The maximum absolute atomic E-state index is 14.3. The Morgan fingerprint density at radius 3 is 2.39 bits per heavy atom. The molecular formula is C35H30N4O6S. The van der Waals surface area contributed by atoms with E-state index in [1.807, 2.05) is 72.9 Å². The first-order valence-corrected chi connectivity index (χ1v) is 15.4. The number of benzene rings is 3. The first kappa shape index (κ1) is 30.5. The molecule has 3 aromatic carbocycles. The Balaban J connectivity index is 1.55. The van der Waals surface area contributed by atoms with Crippen LogP contribution in [-0.2, 0) is 14.3 Å². The van der Waals surface area contributed by atoms with Crippen LogP contribution in [0, 0.1) is 0 Å². The average Bonchev–Trinajstić information content (AvgIpc) is 3.61. The highest BCUT2D eigenvalue weighted by molar-refractivity contribution is 7.07. The fourth-order valence-electron chi connectivity index (χ4n) is 5.37. The smallest absolute Gasteiger partial charge is 0.338 e. The molecule has 1 aliphatic heterocycles. The molecule has 3 heterocycles. The summed E-state index contributed by atoms with van der Waals surface area (Å²) in [7, 11) is 1.45. The minimum atomic E-state index is -0.877. The Hall–Kier alpha value is -5.55. The second-order valence-electron chi connectivity index (χ2n) is 10.4. The monoisotopic (exact) mass is 634 g/mol. The SMILES string of the molecule is CCOC(=O)C1=C(C)N=c2s/c(=C\c3cn(-c4ccccc4)nc3-c3ccccc3)c(=O)n2[C@@H]1c1ccc(OC(C)=O)c(OC)c1. The molecule has 5 aromatic rings. The van der Waals surface area contributed by atoms with Crippen LogP contribution >= 0.6 is 11.3 Å². The summed E-state index contributed by atoms with van der Waals surface area (Å²) in [5.41, 5.74) is 4.10. The van der Waals surface area contributed by atoms with Crippen LogP contribution in [0.1, 0.15) is 37.9 Å². The van der Waals surface area contributed by atoms with Crippen molar-refractivity contribution in [2.75, 3.05) is 13.7 Å². The second kappa shape index (κ2) is 12.8. The number of rotatable bonds is 8. The van der Waals surface area contributed by atoms with Gasteiger partial charge in [0.2, 0.25) is 0 Å². The standard InChI is InChI=1S/C35H30N4O6S/c1-5-44-34(42)30-21(2)36-35-39(32(30)24-16-17-27(45-22(3)40)28(18-24)43-4)33(41)29(46-35)19-25-20-38(26-14-10-7-11-15-26)37-31(25)23-12-8-6-9-13-23/h6-20,32H,5H2,1-4H3/b29-19-/t32-/m1/s1. The third kappa shape index (κ3) is 5.80. The van der Waals surface area contributed by atoms with Crippen molar-refractivity contribution in [3.63, 3.8) is 0 Å². The number of ether oxygens (including phenoxy) is 3. The van der Waals surface area contributed by atoms with Crippen LogP contribution < -0.4 is 24.4 Å². The zero-order valence-electron chi connectivity index (χ0n) is 25.6. The Morgan fingerprint density at radius 2 is 1.72 bits per heavy atom. The van der Waals surface area contributed by atoms with Gasteiger partial charge in [-0.2, -0.15) is 5.10 Å². The number of thiazole rings is 1. The van der Waals surface area contributed by atoms with Gasteiger partial charge in [-0.15, -0.1) is 0 Å². The molecule has 1 aliphatic rings. The minimum absolute atomic E-state index is 0.148. The molecule has 0 fully saturated rings. The molecule has 0 unspecified atom stereocenters. The molecule has 0 N–H and O–H groups in total. The van der Waals surface area contributed by atoms with Crippen molar-refractivity contribution < 1.29 is 23.8 Å². The number of hydrogen-bond acceptors (Lipinski definition) is 9. The quantitative estimate of drug-likeness (QED) is 0.181. The van der Waals surface area contributed by atoms with Crippen LogP contribution in [0.25, 0.3) is 23.0 Å². The van der Waals surface area contributed by atoms with E-state index in [2.05, 4.69) is 4.99 Å². The lowest BCUT2D eigenvalue weighted by Crippen LogP contribution is -2.40. The Morgan fingerprint density at radius 1 is 1.00 bits per heavy atom. The van der Waals surface area contributed by atoms with Crippen LogP contribution in [0.3, 0.4) is 0 Å². The number of para-hydroxylation sites is 1. The number of nitrogens with zero attached hydrogens (tertiary/aromatic N) is 4. The zero-order chi connectivity index (χ0) is 32.4. The van der Waals surface area contributed by atoms with Gasteiger partial charge in [-0.05, 0) is 49.8 Å². The van der Waals surface area contributed by atoms with Crippen molar-refractivity contribution in [1.82, 2.24) is 14.3 Å². The van der Waals surface area contributed by atoms with Gasteiger partial charge in [-0.1, -0.05) is 65.9 Å². The summed E-state index contributed by atoms with van der Waals surface area (Å²) >= 11 is 1.22. The molecule has 11 heteroatoms. The van der Waals surface area contributed by atoms with Crippen molar-refractivity contribution in [2.24, 2.45) is 4.99 Å². The van der Waals surface area contributed by atoms with Gasteiger partial charge < -0.3 is 14.2 Å². The fraction of sp³-hybridized carbons (Fsp3) is 0.171. The summed E-state index contributed by atoms with van der Waals surface area (Å²) in [5, 5.41) is 4.88. The van der Waals surface area contributed by atoms with E-state index in [1.54, 1.807) is 36.7 Å². The maximum Gasteiger partial charge on any atom is 0.338 e. The molecule has 232 valence electrons. The number of fused-ring (bicyclic) bond motifs is 1. The highest BCUT2D eigenvalue weighted by Crippen LogP contribution is 2.36. The van der Waals surface area contributed by atoms with Gasteiger partial charge in [0.05, 0.1) is 46.9 Å². The molecule has 0 saturated heterocycles. The van der Waals surface area contributed by atoms with Crippen LogP contribution in [-0.4, -0.2) is 40.0 Å². The summed E-state index contributed by atoms with van der Waals surface area (Å²) < 4.78 is 19.9. The largest absolute Gasteiger partial charge is 0.493 e. The molecule has 2 aromatic heterocycles. The van der Waals surface area contributed by atoms with Gasteiger partial charge in [-0.25, -0.2) is 14.5 Å². The van der Waals surface area contributed by atoms with E-state index in [0.29, 0.717) is 26.3 Å². The van der Waals surface area contributed by atoms with Gasteiger partial charge in [0.1, 0.15) is 0 Å². The number of carbonyl (C=O) groups is 2. The summed E-state index contributed by atoms with van der Waals surface area (Å²) in [6, 6.07) is 23.5. The topological polar surface area (TPSA) is 114 Å². The first-order chi connectivity index (χ1) is 22.3. The van der Waals surface area contributed by atoms with Crippen LogP contribution in [0.4, 0.5) is 0 Å². The lowest BCUT2D eigenvalue weighted by atomic mass is 9.95. The van der Waals surface area contributed by atoms with Gasteiger partial charge in [0.25, 0.3) is 5.56 Å². The van der Waals surface area contributed by atoms with E-state index in [0.717, 1.165) is 16.8 Å². The molecule has 10 nitrogen and oxygen atoms in total. The fourth-order valence-corrected chi connectivity index (χ4v) is 6.41. The molecule has 46 heavy (non-hydrogen) atoms. The lowest BCUT2D eigenvalue weighted by molar-refractivity contribution is -0.139. The lowest BCUT2D eigenvalue weighted by Gasteiger charge is -2.25. The molecule has 1 atom stereocenters. The van der Waals surface area contributed by atoms with Gasteiger partial charge in [0.15, 0.2) is 16.3 Å². The van der Waals surface area contributed by atoms with Gasteiger partial charge in [0, 0.05) is 24.2 Å². The van der Waals surface area contributed by atoms with E-state index in [9.17, 15) is 14.4 Å². The van der Waals surface area contributed by atoms with Crippen molar-refractivity contribution in [2.45, 2.75) is 26.8 Å². The molecule has 0 bridgehead atoms. The number of carbonyl (C=O) groups excluding carboxylic acids is 2. The predicted molar refractivity (Wildman–Crippen MR) is 174 cm³/mol. The Kier molecular flexibility index (Phi) is 8.49. The normalized spacial score (nSPS) is 14.4. The second-order valence-corrected chi connectivity index (χ2v) is 11.4. The highest BCUT2D eigenvalue weighted by Gasteiger charge is 2.34. The highest BCUT2D eigenvalue weighted by atomic mass is 32.1. The molecule has 0 radical (unpaired) electrons. The number of esters is 2. The molecular weight excluding hydrogens is 604 g/mol. The van der Waals surface area contributed by atoms with Crippen molar-refractivity contribution in [3.05, 3.63) is 127 Å². The van der Waals surface area contributed by atoms with Crippen molar-refractivity contribution >= 4 is 29.4 Å². The van der Waals surface area contributed by atoms with Crippen LogP contribution in [0.5, 0.6) is 11.5 Å².